The van der Waals surface area contributed by atoms with Crippen LogP contribution in [0.5, 0.6) is 0 Å². The highest BCUT2D eigenvalue weighted by Gasteiger charge is 2.29. The van der Waals surface area contributed by atoms with Crippen LogP contribution in [0, 0.1) is 0 Å². The van der Waals surface area contributed by atoms with Crippen molar-refractivity contribution in [2.75, 3.05) is 5.75 Å². The molecule has 1 rings (SSSR count). The van der Waals surface area contributed by atoms with E-state index in [0.717, 1.165) is 38.5 Å². The summed E-state index contributed by atoms with van der Waals surface area (Å²) in [5, 5.41) is -0.155. The van der Waals surface area contributed by atoms with Gasteiger partial charge in [-0.25, -0.2) is 8.42 Å². The lowest BCUT2D eigenvalue weighted by atomic mass is 9.96. The van der Waals surface area contributed by atoms with Gasteiger partial charge < -0.3 is 5.73 Å². The maximum Gasteiger partial charge on any atom is 0.153 e. The molecule has 0 bridgehead atoms. The van der Waals surface area contributed by atoms with Gasteiger partial charge in [0.2, 0.25) is 0 Å². The molecule has 1 saturated carbocycles. The van der Waals surface area contributed by atoms with Gasteiger partial charge in [0, 0.05) is 6.04 Å². The third-order valence-corrected chi connectivity index (χ3v) is 5.51. The highest BCUT2D eigenvalue weighted by molar-refractivity contribution is 7.92. The lowest BCUT2D eigenvalue weighted by Crippen LogP contribution is -2.36. The van der Waals surface area contributed by atoms with Gasteiger partial charge in [0.1, 0.15) is 0 Å². The normalized spacial score (nSPS) is 27.9. The average Bonchev–Trinajstić information content (AvgIpc) is 2.18. The quantitative estimate of drug-likeness (QED) is 0.737. The SMILES string of the molecule is CCCCCS(=O)(=O)C1CCCC(N)C1. The van der Waals surface area contributed by atoms with Gasteiger partial charge in [-0.1, -0.05) is 26.2 Å². The number of nitrogens with two attached hydrogens (primary N) is 1. The number of rotatable bonds is 5. The van der Waals surface area contributed by atoms with Crippen molar-refractivity contribution in [2.45, 2.75) is 63.2 Å². The molecular formula is C11H23NO2S. The Morgan fingerprint density at radius 3 is 2.60 bits per heavy atom. The molecule has 90 valence electrons. The summed E-state index contributed by atoms with van der Waals surface area (Å²) < 4.78 is 23.9. The van der Waals surface area contributed by atoms with Crippen LogP contribution in [0.3, 0.4) is 0 Å². The first-order valence-corrected chi connectivity index (χ1v) is 7.75. The van der Waals surface area contributed by atoms with E-state index in [-0.39, 0.29) is 11.3 Å². The zero-order valence-corrected chi connectivity index (χ0v) is 10.4. The number of sulfone groups is 1. The largest absolute Gasteiger partial charge is 0.328 e. The van der Waals surface area contributed by atoms with Crippen molar-refractivity contribution in [3.8, 4) is 0 Å². The molecule has 4 heteroatoms. The van der Waals surface area contributed by atoms with E-state index in [1.165, 1.54) is 0 Å². The first kappa shape index (κ1) is 13.0. The zero-order valence-electron chi connectivity index (χ0n) is 9.61. The Morgan fingerprint density at radius 1 is 1.27 bits per heavy atom. The molecule has 0 amide bonds. The van der Waals surface area contributed by atoms with E-state index in [2.05, 4.69) is 6.92 Å². The molecule has 0 aromatic rings. The topological polar surface area (TPSA) is 60.2 Å². The van der Waals surface area contributed by atoms with Crippen LogP contribution in [0.4, 0.5) is 0 Å². The molecule has 2 unspecified atom stereocenters. The monoisotopic (exact) mass is 233 g/mol. The van der Waals surface area contributed by atoms with Gasteiger partial charge in [0.15, 0.2) is 9.84 Å². The summed E-state index contributed by atoms with van der Waals surface area (Å²) in [5.74, 6) is 0.359. The van der Waals surface area contributed by atoms with E-state index in [1.807, 2.05) is 0 Å². The molecule has 0 aliphatic heterocycles. The van der Waals surface area contributed by atoms with Gasteiger partial charge in [0.05, 0.1) is 11.0 Å². The van der Waals surface area contributed by atoms with Crippen molar-refractivity contribution in [1.82, 2.24) is 0 Å². The Bertz CT molecular complexity index is 274. The van der Waals surface area contributed by atoms with Gasteiger partial charge in [-0.15, -0.1) is 0 Å². The number of hydrogen-bond donors (Lipinski definition) is 1. The smallest absolute Gasteiger partial charge is 0.153 e. The highest BCUT2D eigenvalue weighted by Crippen LogP contribution is 2.24. The molecule has 2 atom stereocenters. The van der Waals surface area contributed by atoms with Crippen molar-refractivity contribution in [1.29, 1.82) is 0 Å². The average molecular weight is 233 g/mol. The third kappa shape index (κ3) is 4.11. The van der Waals surface area contributed by atoms with Crippen molar-refractivity contribution < 1.29 is 8.42 Å². The molecule has 1 fully saturated rings. The molecule has 3 nitrogen and oxygen atoms in total. The molecule has 0 radical (unpaired) electrons. The van der Waals surface area contributed by atoms with E-state index < -0.39 is 9.84 Å². The minimum absolute atomic E-state index is 0.102. The summed E-state index contributed by atoms with van der Waals surface area (Å²) in [6.45, 7) is 2.09. The summed E-state index contributed by atoms with van der Waals surface area (Å²) in [6.07, 6.45) is 6.35. The summed E-state index contributed by atoms with van der Waals surface area (Å²) in [7, 11) is -2.87. The highest BCUT2D eigenvalue weighted by atomic mass is 32.2. The molecule has 0 aromatic heterocycles. The van der Waals surface area contributed by atoms with E-state index in [0.29, 0.717) is 12.2 Å². The van der Waals surface area contributed by atoms with Crippen LogP contribution in [-0.4, -0.2) is 25.5 Å². The summed E-state index contributed by atoms with van der Waals surface area (Å²) >= 11 is 0. The number of unbranched alkanes of at least 4 members (excludes halogenated alkanes) is 2. The molecule has 15 heavy (non-hydrogen) atoms. The minimum Gasteiger partial charge on any atom is -0.328 e. The Hall–Kier alpha value is -0.0900. The fourth-order valence-electron chi connectivity index (χ4n) is 2.23. The van der Waals surface area contributed by atoms with E-state index in [9.17, 15) is 8.42 Å². The van der Waals surface area contributed by atoms with Crippen molar-refractivity contribution >= 4 is 9.84 Å². The van der Waals surface area contributed by atoms with Crippen molar-refractivity contribution in [3.63, 3.8) is 0 Å². The summed E-state index contributed by atoms with van der Waals surface area (Å²) in [4.78, 5) is 0. The van der Waals surface area contributed by atoms with Crippen molar-refractivity contribution in [3.05, 3.63) is 0 Å². The molecule has 0 heterocycles. The zero-order chi connectivity index (χ0) is 11.3. The predicted octanol–water partition coefficient (Wildman–Crippen LogP) is 1.86. The van der Waals surface area contributed by atoms with E-state index >= 15 is 0 Å². The first-order chi connectivity index (χ1) is 7.06. The van der Waals surface area contributed by atoms with Crippen LogP contribution in [0.25, 0.3) is 0 Å². The lowest BCUT2D eigenvalue weighted by Gasteiger charge is -2.26. The first-order valence-electron chi connectivity index (χ1n) is 6.03. The van der Waals surface area contributed by atoms with Crippen LogP contribution in [0.1, 0.15) is 51.9 Å². The second kappa shape index (κ2) is 5.85. The minimum atomic E-state index is -2.87. The summed E-state index contributed by atoms with van der Waals surface area (Å²) in [6, 6.07) is 0.102. The Morgan fingerprint density at radius 2 is 2.00 bits per heavy atom. The van der Waals surface area contributed by atoms with Crippen LogP contribution >= 0.6 is 0 Å². The molecule has 0 spiro atoms. The lowest BCUT2D eigenvalue weighted by molar-refractivity contribution is 0.432. The second-order valence-electron chi connectivity index (χ2n) is 4.62. The van der Waals surface area contributed by atoms with Gasteiger partial charge in [-0.2, -0.15) is 0 Å². The van der Waals surface area contributed by atoms with Crippen LogP contribution in [-0.2, 0) is 9.84 Å². The number of hydrogen-bond acceptors (Lipinski definition) is 3. The van der Waals surface area contributed by atoms with Gasteiger partial charge in [-0.05, 0) is 25.7 Å². The molecule has 2 N–H and O–H groups in total. The molecule has 1 aliphatic carbocycles. The fourth-order valence-corrected chi connectivity index (χ4v) is 4.23. The maximum atomic E-state index is 12.0. The Labute approximate surface area is 93.3 Å². The van der Waals surface area contributed by atoms with E-state index in [4.69, 9.17) is 5.73 Å². The van der Waals surface area contributed by atoms with E-state index in [1.54, 1.807) is 0 Å². The van der Waals surface area contributed by atoms with Crippen LogP contribution < -0.4 is 5.73 Å². The molecule has 0 aromatic carbocycles. The summed E-state index contributed by atoms with van der Waals surface area (Å²) in [5.41, 5.74) is 5.81. The second-order valence-corrected chi connectivity index (χ2v) is 7.02. The third-order valence-electron chi connectivity index (χ3n) is 3.21. The van der Waals surface area contributed by atoms with Gasteiger partial charge in [-0.3, -0.25) is 0 Å². The molecule has 0 saturated heterocycles. The van der Waals surface area contributed by atoms with Gasteiger partial charge >= 0.3 is 0 Å². The van der Waals surface area contributed by atoms with Crippen LogP contribution in [0.15, 0.2) is 0 Å². The van der Waals surface area contributed by atoms with Crippen molar-refractivity contribution in [2.24, 2.45) is 5.73 Å². The fraction of sp³-hybridized carbons (Fsp3) is 1.00. The van der Waals surface area contributed by atoms with Crippen LogP contribution in [0.2, 0.25) is 0 Å². The molecular weight excluding hydrogens is 210 g/mol. The predicted molar refractivity (Wildman–Crippen MR) is 63.5 cm³/mol. The molecule has 1 aliphatic rings. The Balaban J connectivity index is 2.45. The Kier molecular flexibility index (Phi) is 5.06. The maximum absolute atomic E-state index is 12.0. The van der Waals surface area contributed by atoms with Gasteiger partial charge in [0.25, 0.3) is 0 Å². The standard InChI is InChI=1S/C11H23NO2S/c1-2-3-4-8-15(13,14)11-7-5-6-10(12)9-11/h10-11H,2-9,12H2,1H3.